The lowest BCUT2D eigenvalue weighted by molar-refractivity contribution is -0.117. The third kappa shape index (κ3) is 5.16. The first kappa shape index (κ1) is 18.6. The fourth-order valence-electron chi connectivity index (χ4n) is 3.36. The second kappa shape index (κ2) is 9.51. The predicted molar refractivity (Wildman–Crippen MR) is 105 cm³/mol. The fourth-order valence-corrected chi connectivity index (χ4v) is 3.36. The molecule has 4 heteroatoms. The molecule has 4 nitrogen and oxygen atoms in total. The van der Waals surface area contributed by atoms with E-state index in [9.17, 15) is 4.79 Å². The molecule has 0 bridgehead atoms. The summed E-state index contributed by atoms with van der Waals surface area (Å²) in [6, 6.07) is 18.2. The molecular formula is C22H28N2O2. The van der Waals surface area contributed by atoms with Gasteiger partial charge >= 0.3 is 0 Å². The molecule has 1 heterocycles. The van der Waals surface area contributed by atoms with Crippen molar-refractivity contribution in [3.05, 3.63) is 65.7 Å². The number of nitrogens with one attached hydrogen (secondary N) is 1. The number of ether oxygens (including phenoxy) is 1. The minimum atomic E-state index is -0.103. The van der Waals surface area contributed by atoms with Gasteiger partial charge < -0.3 is 10.1 Å². The van der Waals surface area contributed by atoms with Crippen molar-refractivity contribution in [2.75, 3.05) is 31.6 Å². The maximum Gasteiger partial charge on any atom is 0.231 e. The van der Waals surface area contributed by atoms with E-state index in [-0.39, 0.29) is 11.8 Å². The Morgan fingerprint density at radius 3 is 2.42 bits per heavy atom. The number of carbonyl (C=O) groups is 1. The van der Waals surface area contributed by atoms with Crippen LogP contribution in [0, 0.1) is 0 Å². The highest BCUT2D eigenvalue weighted by Crippen LogP contribution is 2.23. The molecule has 0 spiro atoms. The zero-order chi connectivity index (χ0) is 18.2. The molecule has 0 saturated carbocycles. The highest BCUT2D eigenvalue weighted by atomic mass is 16.5. The van der Waals surface area contributed by atoms with Crippen LogP contribution in [0.15, 0.2) is 54.6 Å². The molecule has 1 aliphatic rings. The van der Waals surface area contributed by atoms with Crippen LogP contribution in [0.4, 0.5) is 5.69 Å². The van der Waals surface area contributed by atoms with Gasteiger partial charge in [-0.1, -0.05) is 55.8 Å². The van der Waals surface area contributed by atoms with Gasteiger partial charge in [-0.2, -0.15) is 0 Å². The molecular weight excluding hydrogens is 324 g/mol. The van der Waals surface area contributed by atoms with Crippen molar-refractivity contribution in [1.82, 2.24) is 4.90 Å². The largest absolute Gasteiger partial charge is 0.379 e. The number of benzene rings is 2. The number of rotatable bonds is 7. The Balaban J connectivity index is 1.60. The Morgan fingerprint density at radius 1 is 1.08 bits per heavy atom. The van der Waals surface area contributed by atoms with E-state index in [1.165, 1.54) is 5.56 Å². The third-order valence-electron chi connectivity index (χ3n) is 4.83. The molecule has 2 aromatic rings. The maximum atomic E-state index is 12.8. The van der Waals surface area contributed by atoms with Crippen LogP contribution in [-0.2, 0) is 16.1 Å². The Labute approximate surface area is 156 Å². The Morgan fingerprint density at radius 2 is 1.77 bits per heavy atom. The van der Waals surface area contributed by atoms with Crippen LogP contribution in [0.1, 0.15) is 36.8 Å². The number of morpholine rings is 1. The molecule has 2 aromatic carbocycles. The van der Waals surface area contributed by atoms with E-state index in [0.29, 0.717) is 0 Å². The summed E-state index contributed by atoms with van der Waals surface area (Å²) in [5.74, 6) is -0.0341. The molecule has 1 unspecified atom stereocenters. The monoisotopic (exact) mass is 352 g/mol. The van der Waals surface area contributed by atoms with Crippen molar-refractivity contribution < 1.29 is 9.53 Å². The number of amides is 1. The van der Waals surface area contributed by atoms with E-state index in [0.717, 1.165) is 56.9 Å². The van der Waals surface area contributed by atoms with Gasteiger partial charge in [0.15, 0.2) is 0 Å². The second-order valence-corrected chi connectivity index (χ2v) is 6.83. The molecule has 1 atom stereocenters. The first-order valence-corrected chi connectivity index (χ1v) is 9.51. The topological polar surface area (TPSA) is 41.6 Å². The first-order chi connectivity index (χ1) is 12.8. The number of hydrogen-bond donors (Lipinski definition) is 1. The summed E-state index contributed by atoms with van der Waals surface area (Å²) < 4.78 is 5.39. The summed E-state index contributed by atoms with van der Waals surface area (Å²) in [4.78, 5) is 15.2. The minimum absolute atomic E-state index is 0.0685. The van der Waals surface area contributed by atoms with E-state index >= 15 is 0 Å². The molecule has 0 aromatic heterocycles. The van der Waals surface area contributed by atoms with Gasteiger partial charge in [-0.05, 0) is 29.7 Å². The van der Waals surface area contributed by atoms with Crippen molar-refractivity contribution in [3.8, 4) is 0 Å². The Bertz CT molecular complexity index is 679. The van der Waals surface area contributed by atoms with Gasteiger partial charge in [0.05, 0.1) is 19.1 Å². The molecule has 26 heavy (non-hydrogen) atoms. The van der Waals surface area contributed by atoms with E-state index in [2.05, 4.69) is 29.3 Å². The molecule has 138 valence electrons. The van der Waals surface area contributed by atoms with E-state index in [1.54, 1.807) is 0 Å². The Hall–Kier alpha value is -2.17. The zero-order valence-corrected chi connectivity index (χ0v) is 15.5. The van der Waals surface area contributed by atoms with Gasteiger partial charge in [-0.25, -0.2) is 0 Å². The summed E-state index contributed by atoms with van der Waals surface area (Å²) >= 11 is 0. The molecule has 1 saturated heterocycles. The summed E-state index contributed by atoms with van der Waals surface area (Å²) in [6.07, 6.45) is 1.83. The van der Waals surface area contributed by atoms with Gasteiger partial charge in [0, 0.05) is 25.3 Å². The lowest BCUT2D eigenvalue weighted by Gasteiger charge is -2.26. The van der Waals surface area contributed by atoms with Crippen LogP contribution < -0.4 is 5.32 Å². The highest BCUT2D eigenvalue weighted by molar-refractivity contribution is 5.95. The van der Waals surface area contributed by atoms with Crippen LogP contribution in [0.2, 0.25) is 0 Å². The summed E-state index contributed by atoms with van der Waals surface area (Å²) in [5, 5.41) is 3.08. The molecule has 1 amide bonds. The van der Waals surface area contributed by atoms with Crippen LogP contribution in [0.5, 0.6) is 0 Å². The molecule has 1 N–H and O–H groups in total. The molecule has 3 rings (SSSR count). The summed E-state index contributed by atoms with van der Waals surface area (Å²) in [6.45, 7) is 6.63. The van der Waals surface area contributed by atoms with Gasteiger partial charge in [0.25, 0.3) is 0 Å². The number of nitrogens with zero attached hydrogens (tertiary/aromatic N) is 1. The van der Waals surface area contributed by atoms with Gasteiger partial charge in [0.1, 0.15) is 0 Å². The maximum absolute atomic E-state index is 12.8. The summed E-state index contributed by atoms with van der Waals surface area (Å²) in [5.41, 5.74) is 3.20. The van der Waals surface area contributed by atoms with Crippen molar-refractivity contribution in [1.29, 1.82) is 0 Å². The smallest absolute Gasteiger partial charge is 0.231 e. The van der Waals surface area contributed by atoms with Crippen LogP contribution in [-0.4, -0.2) is 37.1 Å². The van der Waals surface area contributed by atoms with E-state index < -0.39 is 0 Å². The summed E-state index contributed by atoms with van der Waals surface area (Å²) in [7, 11) is 0. The number of anilines is 1. The highest BCUT2D eigenvalue weighted by Gasteiger charge is 2.19. The lowest BCUT2D eigenvalue weighted by atomic mass is 9.93. The average Bonchev–Trinajstić information content (AvgIpc) is 2.69. The zero-order valence-electron chi connectivity index (χ0n) is 15.5. The van der Waals surface area contributed by atoms with Crippen molar-refractivity contribution in [2.45, 2.75) is 32.2 Å². The Kier molecular flexibility index (Phi) is 6.81. The SMILES string of the molecule is CCCC(C(=O)Nc1ccc(CN2CCOCC2)cc1)c1ccccc1. The standard InChI is InChI=1S/C22H28N2O2/c1-2-6-21(19-7-4-3-5-8-19)22(25)23-20-11-9-18(10-12-20)17-24-13-15-26-16-14-24/h3-5,7-12,21H,2,6,13-17H2,1H3,(H,23,25). The van der Waals surface area contributed by atoms with Crippen LogP contribution in [0.3, 0.4) is 0 Å². The van der Waals surface area contributed by atoms with E-state index in [1.807, 2.05) is 42.5 Å². The van der Waals surface area contributed by atoms with Gasteiger partial charge in [0.2, 0.25) is 5.91 Å². The molecule has 1 fully saturated rings. The van der Waals surface area contributed by atoms with Crippen molar-refractivity contribution >= 4 is 11.6 Å². The molecule has 0 radical (unpaired) electrons. The number of carbonyl (C=O) groups excluding carboxylic acids is 1. The predicted octanol–water partition coefficient (Wildman–Crippen LogP) is 4.04. The molecule has 0 aliphatic carbocycles. The molecule has 1 aliphatic heterocycles. The minimum Gasteiger partial charge on any atom is -0.379 e. The fraction of sp³-hybridized carbons (Fsp3) is 0.409. The quantitative estimate of drug-likeness (QED) is 0.818. The average molecular weight is 352 g/mol. The first-order valence-electron chi connectivity index (χ1n) is 9.51. The number of hydrogen-bond acceptors (Lipinski definition) is 3. The van der Waals surface area contributed by atoms with Crippen LogP contribution in [0.25, 0.3) is 0 Å². The van der Waals surface area contributed by atoms with Gasteiger partial charge in [-0.3, -0.25) is 9.69 Å². The van der Waals surface area contributed by atoms with Gasteiger partial charge in [-0.15, -0.1) is 0 Å². The van der Waals surface area contributed by atoms with Crippen molar-refractivity contribution in [2.24, 2.45) is 0 Å². The van der Waals surface area contributed by atoms with E-state index in [4.69, 9.17) is 4.74 Å². The van der Waals surface area contributed by atoms with Crippen molar-refractivity contribution in [3.63, 3.8) is 0 Å². The lowest BCUT2D eigenvalue weighted by Crippen LogP contribution is -2.35. The normalized spacial score (nSPS) is 16.2. The second-order valence-electron chi connectivity index (χ2n) is 6.83. The third-order valence-corrected chi connectivity index (χ3v) is 4.83. The van der Waals surface area contributed by atoms with Crippen LogP contribution >= 0.6 is 0 Å².